The minimum atomic E-state index is -2.19. The van der Waals surface area contributed by atoms with Gasteiger partial charge in [-0.2, -0.15) is 0 Å². The van der Waals surface area contributed by atoms with Crippen molar-refractivity contribution < 1.29 is 32.9 Å². The Hall–Kier alpha value is -1.99. The van der Waals surface area contributed by atoms with Gasteiger partial charge in [-0.1, -0.05) is 71.9 Å². The molecule has 0 radical (unpaired) electrons. The molecule has 0 aliphatic heterocycles. The summed E-state index contributed by atoms with van der Waals surface area (Å²) < 4.78 is 37.0. The van der Waals surface area contributed by atoms with Gasteiger partial charge in [-0.05, 0) is 78.1 Å². The molecule has 7 nitrogen and oxygen atoms in total. The summed E-state index contributed by atoms with van der Waals surface area (Å²) in [6, 6.07) is 15.8. The molecule has 266 valence electrons. The van der Waals surface area contributed by atoms with Gasteiger partial charge in [0.2, 0.25) is 0 Å². The minimum Gasteiger partial charge on any atom is -0.497 e. The maximum atomic E-state index is 12.4. The van der Waals surface area contributed by atoms with Crippen LogP contribution in [0.15, 0.2) is 61.2 Å². The fourth-order valence-electron chi connectivity index (χ4n) is 4.88. The van der Waals surface area contributed by atoms with Gasteiger partial charge in [-0.3, -0.25) is 0 Å². The molecule has 0 fully saturated rings. The van der Waals surface area contributed by atoms with Crippen LogP contribution in [0, 0.1) is 0 Å². The van der Waals surface area contributed by atoms with Crippen LogP contribution < -0.4 is 9.47 Å². The standard InChI is InChI=1S/C38H64O7Si2/c1-14-23-38(39,24-34(44-46(10,11)36(2,3)4)28-42-26-30-15-19-32(40-8)20-16-30)25-35(45-47(12,13)37(5,6)7)29-43-27-31-17-21-33(41-9)22-18-31/h14-22,34-35,39H,1,23-29H2,2-13H3/t34-,35-/m1/s1. The predicted molar refractivity (Wildman–Crippen MR) is 198 cm³/mol. The molecule has 0 aliphatic carbocycles. The van der Waals surface area contributed by atoms with Crippen LogP contribution in [0.1, 0.15) is 71.9 Å². The molecule has 2 aromatic rings. The van der Waals surface area contributed by atoms with Crippen LogP contribution in [-0.2, 0) is 31.5 Å². The number of aliphatic hydroxyl groups is 1. The van der Waals surface area contributed by atoms with Crippen LogP contribution >= 0.6 is 0 Å². The Morgan fingerprint density at radius 3 is 1.28 bits per heavy atom. The number of rotatable bonds is 20. The first-order valence-electron chi connectivity index (χ1n) is 16.8. The Kier molecular flexibility index (Phi) is 15.4. The Morgan fingerprint density at radius 2 is 1.00 bits per heavy atom. The summed E-state index contributed by atoms with van der Waals surface area (Å²) >= 11 is 0. The van der Waals surface area contributed by atoms with E-state index in [4.69, 9.17) is 27.8 Å². The Bertz CT molecular complexity index is 1110. The van der Waals surface area contributed by atoms with E-state index in [2.05, 4.69) is 74.3 Å². The third-order valence-corrected chi connectivity index (χ3v) is 18.8. The summed E-state index contributed by atoms with van der Waals surface area (Å²) in [4.78, 5) is 0. The second kappa shape index (κ2) is 17.6. The highest BCUT2D eigenvalue weighted by atomic mass is 28.4. The molecule has 47 heavy (non-hydrogen) atoms. The van der Waals surface area contributed by atoms with Gasteiger partial charge in [-0.15, -0.1) is 6.58 Å². The van der Waals surface area contributed by atoms with Crippen LogP contribution in [0.5, 0.6) is 11.5 Å². The maximum absolute atomic E-state index is 12.4. The van der Waals surface area contributed by atoms with E-state index in [9.17, 15) is 5.11 Å². The lowest BCUT2D eigenvalue weighted by molar-refractivity contribution is -0.0705. The van der Waals surface area contributed by atoms with Crippen LogP contribution in [0.3, 0.4) is 0 Å². The summed E-state index contributed by atoms with van der Waals surface area (Å²) in [5.41, 5.74) is 0.972. The number of benzene rings is 2. The Morgan fingerprint density at radius 1 is 0.660 bits per heavy atom. The molecule has 0 aliphatic rings. The van der Waals surface area contributed by atoms with Crippen molar-refractivity contribution in [2.24, 2.45) is 0 Å². The summed E-state index contributed by atoms with van der Waals surface area (Å²) in [5.74, 6) is 1.62. The lowest BCUT2D eigenvalue weighted by Gasteiger charge is -2.43. The van der Waals surface area contributed by atoms with Gasteiger partial charge in [0.25, 0.3) is 0 Å². The van der Waals surface area contributed by atoms with Crippen molar-refractivity contribution >= 4 is 16.6 Å². The fourth-order valence-corrected chi connectivity index (χ4v) is 7.56. The Balaban J connectivity index is 2.30. The maximum Gasteiger partial charge on any atom is 0.192 e. The molecule has 0 heterocycles. The first kappa shape index (κ1) is 41.2. The lowest BCUT2D eigenvalue weighted by atomic mass is 9.87. The third-order valence-electron chi connectivity index (χ3n) is 9.74. The molecule has 0 bridgehead atoms. The first-order chi connectivity index (χ1) is 21.7. The second-order valence-corrected chi connectivity index (χ2v) is 25.4. The van der Waals surface area contributed by atoms with Gasteiger partial charge in [0.1, 0.15) is 11.5 Å². The van der Waals surface area contributed by atoms with Crippen molar-refractivity contribution in [1.82, 2.24) is 0 Å². The SMILES string of the molecule is C=CCC(O)(C[C@H](COCc1ccc(OC)cc1)O[Si](C)(C)C(C)(C)C)C[C@H](COCc1ccc(OC)cc1)O[Si](C)(C)C(C)(C)C. The summed E-state index contributed by atoms with van der Waals surface area (Å²) in [5, 5.41) is 12.4. The van der Waals surface area contributed by atoms with Crippen molar-refractivity contribution in [1.29, 1.82) is 0 Å². The molecule has 2 rings (SSSR count). The normalized spacial score (nSPS) is 14.5. The number of hydrogen-bond acceptors (Lipinski definition) is 7. The highest BCUT2D eigenvalue weighted by Gasteiger charge is 2.44. The van der Waals surface area contributed by atoms with Gasteiger partial charge >= 0.3 is 0 Å². The van der Waals surface area contributed by atoms with E-state index < -0.39 is 22.2 Å². The zero-order valence-electron chi connectivity index (χ0n) is 31.4. The summed E-state index contributed by atoms with van der Waals surface area (Å²) in [6.07, 6.45) is 2.36. The van der Waals surface area contributed by atoms with Gasteiger partial charge in [-0.25, -0.2) is 0 Å². The van der Waals surface area contributed by atoms with Crippen molar-refractivity contribution in [2.75, 3.05) is 27.4 Å². The van der Waals surface area contributed by atoms with Gasteiger partial charge in [0.05, 0.1) is 58.5 Å². The quantitative estimate of drug-likeness (QED) is 0.110. The number of hydrogen-bond donors (Lipinski definition) is 1. The fraction of sp³-hybridized carbons (Fsp3) is 0.632. The van der Waals surface area contributed by atoms with E-state index >= 15 is 0 Å². The third kappa shape index (κ3) is 13.4. The van der Waals surface area contributed by atoms with E-state index in [-0.39, 0.29) is 22.3 Å². The van der Waals surface area contributed by atoms with Crippen LogP contribution in [0.2, 0.25) is 36.3 Å². The number of ether oxygens (including phenoxy) is 4. The molecule has 2 aromatic carbocycles. The minimum absolute atomic E-state index is 0.00105. The van der Waals surface area contributed by atoms with Crippen LogP contribution in [0.4, 0.5) is 0 Å². The molecule has 0 amide bonds. The van der Waals surface area contributed by atoms with Crippen LogP contribution in [0.25, 0.3) is 0 Å². The highest BCUT2D eigenvalue weighted by Crippen LogP contribution is 2.41. The number of methoxy groups -OCH3 is 2. The molecule has 1 N–H and O–H groups in total. The smallest absolute Gasteiger partial charge is 0.192 e. The van der Waals surface area contributed by atoms with Crippen LogP contribution in [-0.4, -0.2) is 67.0 Å². The van der Waals surface area contributed by atoms with E-state index in [1.807, 2.05) is 48.5 Å². The molecule has 0 saturated carbocycles. The molecule has 0 spiro atoms. The highest BCUT2D eigenvalue weighted by molar-refractivity contribution is 6.74. The van der Waals surface area contributed by atoms with E-state index in [1.165, 1.54) is 0 Å². The van der Waals surface area contributed by atoms with E-state index in [0.29, 0.717) is 45.7 Å². The Labute approximate surface area is 288 Å². The topological polar surface area (TPSA) is 75.6 Å². The molecule has 9 heteroatoms. The van der Waals surface area contributed by atoms with Gasteiger partial charge < -0.3 is 32.9 Å². The molecule has 2 atom stereocenters. The van der Waals surface area contributed by atoms with Crippen molar-refractivity contribution in [3.05, 3.63) is 72.3 Å². The molecule has 0 unspecified atom stereocenters. The molecular formula is C38H64O7Si2. The van der Waals surface area contributed by atoms with Gasteiger partial charge in [0, 0.05) is 12.8 Å². The average molecular weight is 689 g/mol. The predicted octanol–water partition coefficient (Wildman–Crippen LogP) is 9.31. The van der Waals surface area contributed by atoms with Gasteiger partial charge in [0.15, 0.2) is 16.6 Å². The largest absolute Gasteiger partial charge is 0.497 e. The zero-order valence-corrected chi connectivity index (χ0v) is 33.4. The van der Waals surface area contributed by atoms with Crippen molar-refractivity contribution in [3.8, 4) is 11.5 Å². The summed E-state index contributed by atoms with van der Waals surface area (Å²) in [7, 11) is -1.06. The van der Waals surface area contributed by atoms with E-state index in [0.717, 1.165) is 22.6 Å². The molecule has 0 aromatic heterocycles. The molecular weight excluding hydrogens is 625 g/mol. The lowest BCUT2D eigenvalue weighted by Crippen LogP contribution is -2.50. The second-order valence-electron chi connectivity index (χ2n) is 15.9. The summed E-state index contributed by atoms with van der Waals surface area (Å²) in [6.45, 7) is 28.0. The first-order valence-corrected chi connectivity index (χ1v) is 22.7. The molecule has 0 saturated heterocycles. The van der Waals surface area contributed by atoms with Crippen molar-refractivity contribution in [3.63, 3.8) is 0 Å². The average Bonchev–Trinajstić information content (AvgIpc) is 2.96. The van der Waals surface area contributed by atoms with Crippen molar-refractivity contribution in [2.45, 2.75) is 128 Å². The zero-order chi connectivity index (χ0) is 35.5. The monoisotopic (exact) mass is 688 g/mol. The van der Waals surface area contributed by atoms with E-state index in [1.54, 1.807) is 20.3 Å².